The van der Waals surface area contributed by atoms with Gasteiger partial charge in [0.05, 0.1) is 10.6 Å². The fraction of sp³-hybridized carbons (Fsp3) is 0.261. The molecule has 2 aromatic heterocycles. The number of nitrogens with zero attached hydrogens (tertiary/aromatic N) is 3. The van der Waals surface area contributed by atoms with Gasteiger partial charge in [-0.2, -0.15) is 4.31 Å². The maximum absolute atomic E-state index is 12.9. The minimum atomic E-state index is -3.60. The van der Waals surface area contributed by atoms with Gasteiger partial charge >= 0.3 is 0 Å². The summed E-state index contributed by atoms with van der Waals surface area (Å²) in [6.45, 7) is 6.24. The second-order valence-corrected chi connectivity index (χ2v) is 10.2. The lowest BCUT2D eigenvalue weighted by atomic mass is 10.1. The van der Waals surface area contributed by atoms with Crippen LogP contribution in [0.25, 0.3) is 22.4 Å². The summed E-state index contributed by atoms with van der Waals surface area (Å²) in [6.07, 6.45) is 0. The van der Waals surface area contributed by atoms with Crippen molar-refractivity contribution in [3.05, 3.63) is 59.8 Å². The molecule has 0 aliphatic carbocycles. The number of carbonyl (C=O) groups is 1. The summed E-state index contributed by atoms with van der Waals surface area (Å²) in [5.74, 6) is 0.299. The summed E-state index contributed by atoms with van der Waals surface area (Å²) in [4.78, 5) is 16.3. The molecule has 2 aromatic carbocycles. The number of aromatic amines is 1. The maximum atomic E-state index is 12.9. The minimum Gasteiger partial charge on any atom is -0.411 e. The van der Waals surface area contributed by atoms with Crippen molar-refractivity contribution in [2.75, 3.05) is 18.8 Å². The van der Waals surface area contributed by atoms with Gasteiger partial charge in [-0.05, 0) is 31.2 Å². The molecule has 0 aliphatic rings. The maximum Gasteiger partial charge on any atom is 0.277 e. The van der Waals surface area contributed by atoms with Gasteiger partial charge in [-0.3, -0.25) is 4.79 Å². The monoisotopic (exact) mass is 484 g/mol. The number of benzene rings is 2. The minimum absolute atomic E-state index is 0.0398. The van der Waals surface area contributed by atoms with Crippen molar-refractivity contribution in [2.45, 2.75) is 30.9 Å². The number of hydrogen-bond donors (Lipinski definition) is 1. The molecule has 0 unspecified atom stereocenters. The van der Waals surface area contributed by atoms with Gasteiger partial charge in [0.1, 0.15) is 0 Å². The lowest BCUT2D eigenvalue weighted by molar-refractivity contribution is 0.102. The molecule has 0 spiro atoms. The smallest absolute Gasteiger partial charge is 0.277 e. The number of Topliss-reactive ketones (excluding diaryl/α,β-unsaturated/α-hetero) is 1. The average molecular weight is 485 g/mol. The number of aryl methyl sites for hydroxylation is 1. The first-order valence-corrected chi connectivity index (χ1v) is 12.9. The molecule has 2 heterocycles. The summed E-state index contributed by atoms with van der Waals surface area (Å²) in [7, 11) is -3.60. The molecule has 10 heteroatoms. The molecule has 4 rings (SSSR count). The molecule has 172 valence electrons. The number of carbonyl (C=O) groups excluding carboxylic acids is 1. The van der Waals surface area contributed by atoms with E-state index in [0.717, 1.165) is 28.4 Å². The average Bonchev–Trinajstić information content (AvgIpc) is 3.42. The van der Waals surface area contributed by atoms with Crippen LogP contribution in [0, 0.1) is 6.92 Å². The first-order valence-electron chi connectivity index (χ1n) is 10.5. The second kappa shape index (κ2) is 9.50. The van der Waals surface area contributed by atoms with Crippen LogP contribution < -0.4 is 0 Å². The zero-order valence-corrected chi connectivity index (χ0v) is 20.2. The number of aromatic nitrogens is 3. The van der Waals surface area contributed by atoms with Crippen LogP contribution in [-0.4, -0.2) is 52.5 Å². The van der Waals surface area contributed by atoms with Gasteiger partial charge in [-0.15, -0.1) is 10.2 Å². The highest BCUT2D eigenvalue weighted by molar-refractivity contribution is 7.99. The number of sulfonamides is 1. The Balaban J connectivity index is 1.51. The van der Waals surface area contributed by atoms with Crippen molar-refractivity contribution in [1.29, 1.82) is 0 Å². The zero-order chi connectivity index (χ0) is 23.6. The van der Waals surface area contributed by atoms with Crippen LogP contribution in [0.4, 0.5) is 0 Å². The summed E-state index contributed by atoms with van der Waals surface area (Å²) >= 11 is 1.15. The Morgan fingerprint density at radius 2 is 1.85 bits per heavy atom. The highest BCUT2D eigenvalue weighted by Gasteiger charge is 2.23. The van der Waals surface area contributed by atoms with Crippen molar-refractivity contribution in [2.24, 2.45) is 0 Å². The summed E-state index contributed by atoms with van der Waals surface area (Å²) in [6, 6.07) is 14.1. The topological polar surface area (TPSA) is 109 Å². The van der Waals surface area contributed by atoms with E-state index in [1.165, 1.54) is 10.4 Å². The van der Waals surface area contributed by atoms with Gasteiger partial charge in [0, 0.05) is 40.8 Å². The first-order chi connectivity index (χ1) is 15.8. The van der Waals surface area contributed by atoms with Crippen molar-refractivity contribution in [3.8, 4) is 11.5 Å². The van der Waals surface area contributed by atoms with Crippen LogP contribution >= 0.6 is 11.8 Å². The largest absolute Gasteiger partial charge is 0.411 e. The van der Waals surface area contributed by atoms with Gasteiger partial charge in [0.15, 0.2) is 5.78 Å². The normalized spacial score (nSPS) is 12.0. The van der Waals surface area contributed by atoms with Crippen LogP contribution in [0.5, 0.6) is 0 Å². The van der Waals surface area contributed by atoms with Crippen LogP contribution in [0.15, 0.2) is 63.1 Å². The zero-order valence-electron chi connectivity index (χ0n) is 18.5. The van der Waals surface area contributed by atoms with Crippen molar-refractivity contribution in [1.82, 2.24) is 19.5 Å². The van der Waals surface area contributed by atoms with Crippen LogP contribution in [-0.2, 0) is 10.0 Å². The van der Waals surface area contributed by atoms with Gasteiger partial charge < -0.3 is 9.40 Å². The van der Waals surface area contributed by atoms with Crippen molar-refractivity contribution >= 4 is 38.5 Å². The third kappa shape index (κ3) is 4.59. The number of ketones is 1. The van der Waals surface area contributed by atoms with Crippen molar-refractivity contribution < 1.29 is 17.6 Å². The number of para-hydroxylation sites is 1. The molecule has 1 N–H and O–H groups in total. The number of nitrogens with one attached hydrogen (secondary N) is 1. The van der Waals surface area contributed by atoms with Gasteiger partial charge in [-0.25, -0.2) is 8.42 Å². The number of H-pyrrole nitrogens is 1. The Labute approximate surface area is 196 Å². The van der Waals surface area contributed by atoms with E-state index < -0.39 is 10.0 Å². The van der Waals surface area contributed by atoms with Crippen molar-refractivity contribution in [3.63, 3.8) is 0 Å². The van der Waals surface area contributed by atoms with Gasteiger partial charge in [0.25, 0.3) is 5.22 Å². The van der Waals surface area contributed by atoms with Gasteiger partial charge in [-0.1, -0.05) is 49.9 Å². The number of fused-ring (bicyclic) bond motifs is 1. The Bertz CT molecular complexity index is 1400. The summed E-state index contributed by atoms with van der Waals surface area (Å²) < 4.78 is 32.7. The predicted molar refractivity (Wildman–Crippen MR) is 128 cm³/mol. The third-order valence-corrected chi connectivity index (χ3v) is 8.19. The highest BCUT2D eigenvalue weighted by atomic mass is 32.2. The molecule has 33 heavy (non-hydrogen) atoms. The van der Waals surface area contributed by atoms with Crippen LogP contribution in [0.1, 0.15) is 29.9 Å². The van der Waals surface area contributed by atoms with Crippen LogP contribution in [0.3, 0.4) is 0 Å². The lowest BCUT2D eigenvalue weighted by Gasteiger charge is -2.18. The molecule has 4 aromatic rings. The molecular formula is C23H24N4O4S2. The fourth-order valence-corrected chi connectivity index (χ4v) is 5.86. The highest BCUT2D eigenvalue weighted by Crippen LogP contribution is 2.28. The van der Waals surface area contributed by atoms with E-state index in [-0.39, 0.29) is 27.5 Å². The molecule has 0 bridgehead atoms. The molecule has 0 aliphatic heterocycles. The quantitative estimate of drug-likeness (QED) is 0.274. The van der Waals surface area contributed by atoms with Gasteiger partial charge in [0.2, 0.25) is 15.9 Å². The van der Waals surface area contributed by atoms with Crippen LogP contribution in [0.2, 0.25) is 0 Å². The molecular weight excluding hydrogens is 460 g/mol. The first kappa shape index (κ1) is 23.2. The lowest BCUT2D eigenvalue weighted by Crippen LogP contribution is -2.30. The predicted octanol–water partition coefficient (Wildman–Crippen LogP) is 4.53. The Morgan fingerprint density at radius 1 is 1.09 bits per heavy atom. The van der Waals surface area contributed by atoms with E-state index in [2.05, 4.69) is 15.2 Å². The Morgan fingerprint density at radius 3 is 2.61 bits per heavy atom. The molecule has 0 saturated carbocycles. The van der Waals surface area contributed by atoms with E-state index in [9.17, 15) is 13.2 Å². The molecule has 0 radical (unpaired) electrons. The summed E-state index contributed by atoms with van der Waals surface area (Å²) in [5.41, 5.74) is 2.90. The molecule has 0 amide bonds. The number of rotatable bonds is 9. The van der Waals surface area contributed by atoms with E-state index >= 15 is 0 Å². The Kier molecular flexibility index (Phi) is 6.68. The molecule has 8 nitrogen and oxygen atoms in total. The molecule has 0 fully saturated rings. The fourth-order valence-electron chi connectivity index (χ4n) is 3.72. The standard InChI is InChI=1S/C23H24N4O4S2/c1-4-27(5-2)33(29,30)17-10-8-9-16(13-17)22-25-26-23(31-22)32-14-20(28)21-15(3)24-19-12-7-6-11-18(19)21/h6-13,24H,4-5,14H2,1-3H3. The number of hydrogen-bond acceptors (Lipinski definition) is 7. The van der Waals surface area contributed by atoms with E-state index in [1.54, 1.807) is 32.0 Å². The van der Waals surface area contributed by atoms with E-state index in [0.29, 0.717) is 24.2 Å². The van der Waals surface area contributed by atoms with E-state index in [4.69, 9.17) is 4.42 Å². The number of thioether (sulfide) groups is 1. The SMILES string of the molecule is CCN(CC)S(=O)(=O)c1cccc(-c2nnc(SCC(=O)c3c(C)[nH]c4ccccc34)o2)c1. The molecule has 0 atom stereocenters. The van der Waals surface area contributed by atoms with E-state index in [1.807, 2.05) is 31.2 Å². The second-order valence-electron chi connectivity index (χ2n) is 7.37. The molecule has 0 saturated heterocycles. The Hall–Kier alpha value is -2.95. The summed E-state index contributed by atoms with van der Waals surface area (Å²) in [5, 5.41) is 9.19. The third-order valence-electron chi connectivity index (χ3n) is 5.33.